The van der Waals surface area contributed by atoms with Gasteiger partial charge < -0.3 is 20.6 Å². The molecule has 220 valence electrons. The summed E-state index contributed by atoms with van der Waals surface area (Å²) in [5.41, 5.74) is -2.48. The first-order valence-electron chi connectivity index (χ1n) is 14.0. The fraction of sp³-hybridized carbons (Fsp3) is 0.467. The zero-order chi connectivity index (χ0) is 30.0. The van der Waals surface area contributed by atoms with Crippen molar-refractivity contribution in [3.05, 3.63) is 59.2 Å². The molecule has 2 aliphatic carbocycles. The van der Waals surface area contributed by atoms with E-state index in [0.717, 1.165) is 29.2 Å². The van der Waals surface area contributed by atoms with Crippen LogP contribution in [-0.2, 0) is 20.0 Å². The highest BCUT2D eigenvalue weighted by molar-refractivity contribution is 6.01. The van der Waals surface area contributed by atoms with E-state index in [0.29, 0.717) is 19.4 Å². The van der Waals surface area contributed by atoms with Crippen LogP contribution in [0.2, 0.25) is 0 Å². The lowest BCUT2D eigenvalue weighted by Crippen LogP contribution is -2.70. The number of halogens is 4. The predicted octanol–water partition coefficient (Wildman–Crippen LogP) is 3.12. The van der Waals surface area contributed by atoms with Gasteiger partial charge in [-0.15, -0.1) is 0 Å². The van der Waals surface area contributed by atoms with Gasteiger partial charge in [0.05, 0.1) is 12.0 Å². The smallest absolute Gasteiger partial charge is 0.264 e. The molecule has 3 heterocycles. The Morgan fingerprint density at radius 3 is 2.31 bits per heavy atom. The third-order valence-electron chi connectivity index (χ3n) is 9.17. The lowest BCUT2D eigenvalue weighted by atomic mass is 9.70. The third kappa shape index (κ3) is 4.33. The molecule has 2 aromatic carbocycles. The summed E-state index contributed by atoms with van der Waals surface area (Å²) in [6.07, 6.45) is 0.432. The highest BCUT2D eigenvalue weighted by Crippen LogP contribution is 2.54. The van der Waals surface area contributed by atoms with Crippen molar-refractivity contribution >= 4 is 17.7 Å². The second-order valence-electron chi connectivity index (χ2n) is 11.6. The van der Waals surface area contributed by atoms with Gasteiger partial charge in [-0.3, -0.25) is 14.4 Å². The van der Waals surface area contributed by atoms with E-state index in [9.17, 15) is 33.5 Å². The molecule has 0 aromatic heterocycles. The van der Waals surface area contributed by atoms with Crippen LogP contribution < -0.4 is 10.6 Å². The number of fused-ring (bicyclic) bond motifs is 6. The summed E-state index contributed by atoms with van der Waals surface area (Å²) in [5.74, 6) is -9.48. The number of rotatable bonds is 5. The number of aliphatic hydroxyl groups is 1. The Balaban J connectivity index is 1.38. The number of piperidine rings is 3. The van der Waals surface area contributed by atoms with E-state index in [-0.39, 0.29) is 47.4 Å². The molecule has 0 radical (unpaired) electrons. The number of nitrogens with one attached hydrogen (secondary N) is 2. The molecule has 42 heavy (non-hydrogen) atoms. The van der Waals surface area contributed by atoms with E-state index in [1.54, 1.807) is 0 Å². The van der Waals surface area contributed by atoms with Crippen LogP contribution in [0.3, 0.4) is 0 Å². The van der Waals surface area contributed by atoms with Crippen molar-refractivity contribution in [2.45, 2.75) is 68.2 Å². The molecule has 3 saturated heterocycles. The van der Waals surface area contributed by atoms with Gasteiger partial charge in [0, 0.05) is 36.1 Å². The maximum absolute atomic E-state index is 15.2. The van der Waals surface area contributed by atoms with Crippen molar-refractivity contribution in [2.75, 3.05) is 6.54 Å². The molecule has 0 spiro atoms. The summed E-state index contributed by atoms with van der Waals surface area (Å²) >= 11 is 0. The molecule has 1 saturated carbocycles. The number of nitriles is 1. The molecule has 3 aliphatic heterocycles. The Morgan fingerprint density at radius 1 is 1.10 bits per heavy atom. The van der Waals surface area contributed by atoms with Gasteiger partial charge in [-0.1, -0.05) is 12.1 Å². The second-order valence-corrected chi connectivity index (χ2v) is 11.6. The molecule has 5 atom stereocenters. The number of carbonyl (C=O) groups excluding carboxylic acids is 3. The van der Waals surface area contributed by atoms with Gasteiger partial charge in [0.25, 0.3) is 11.8 Å². The minimum Gasteiger partial charge on any atom is -0.372 e. The van der Waals surface area contributed by atoms with E-state index in [1.165, 1.54) is 12.1 Å². The first-order chi connectivity index (χ1) is 20.0. The fourth-order valence-electron chi connectivity index (χ4n) is 7.21. The summed E-state index contributed by atoms with van der Waals surface area (Å²) in [6, 6.07) is 4.60. The lowest BCUT2D eigenvalue weighted by Gasteiger charge is -2.54. The van der Waals surface area contributed by atoms with Gasteiger partial charge in [0.15, 0.2) is 5.60 Å². The molecular formula is C30H28F4N4O4. The number of amides is 3. The van der Waals surface area contributed by atoms with Gasteiger partial charge in [-0.25, -0.2) is 17.6 Å². The van der Waals surface area contributed by atoms with Crippen molar-refractivity contribution in [1.82, 2.24) is 15.5 Å². The normalized spacial score (nSPS) is 27.3. The van der Waals surface area contributed by atoms with Crippen molar-refractivity contribution in [3.8, 4) is 17.2 Å². The van der Waals surface area contributed by atoms with E-state index < -0.39 is 71.4 Å². The Bertz CT molecular complexity index is 1470. The van der Waals surface area contributed by atoms with Crippen LogP contribution in [-0.4, -0.2) is 58.3 Å². The Labute approximate surface area is 238 Å². The van der Waals surface area contributed by atoms with Crippen molar-refractivity contribution in [1.29, 1.82) is 5.26 Å². The Kier molecular flexibility index (Phi) is 6.76. The Hall–Kier alpha value is -3.98. The van der Waals surface area contributed by atoms with E-state index >= 15 is 8.78 Å². The predicted molar refractivity (Wildman–Crippen MR) is 139 cm³/mol. The maximum atomic E-state index is 15.2. The first kappa shape index (κ1) is 28.2. The van der Waals surface area contributed by atoms with Crippen molar-refractivity contribution < 1.29 is 37.1 Å². The first-order valence-corrected chi connectivity index (χ1v) is 14.0. The quantitative estimate of drug-likeness (QED) is 0.467. The number of nitrogens with zero attached hydrogens (tertiary/aromatic N) is 2. The largest absolute Gasteiger partial charge is 0.372 e. The van der Waals surface area contributed by atoms with Gasteiger partial charge >= 0.3 is 0 Å². The minimum absolute atomic E-state index is 0.0392. The molecule has 8 nitrogen and oxygen atoms in total. The van der Waals surface area contributed by atoms with Crippen LogP contribution in [0.4, 0.5) is 17.6 Å². The van der Waals surface area contributed by atoms with Crippen LogP contribution in [0.5, 0.6) is 0 Å². The number of alkyl halides is 2. The van der Waals surface area contributed by atoms with Crippen LogP contribution in [0.25, 0.3) is 11.1 Å². The Morgan fingerprint density at radius 2 is 1.74 bits per heavy atom. The van der Waals surface area contributed by atoms with Crippen molar-refractivity contribution in [2.24, 2.45) is 11.8 Å². The van der Waals surface area contributed by atoms with Crippen molar-refractivity contribution in [3.63, 3.8) is 0 Å². The number of hydrogen-bond acceptors (Lipinski definition) is 5. The SMILES string of the molecule is N#CC(CC1CCCNC1=O)NC(=O)C1C2CCC(CC2(F)F)N1C(=O)C1(O)c2cc(F)ccc2-c2ccc(F)cc21. The standard InChI is InChI=1S/C30H28F4N4O4/c31-16-3-6-20-21-7-4-17(32)12-24(21)30(42,23(20)11-16)28(41)38-19-5-8-22(29(33,34)13-19)25(38)27(40)37-18(14-35)10-15-2-1-9-36-26(15)39/h3-4,6-7,11-12,15,18-19,22,25,42H,1-2,5,8-10,13H2,(H,36,39)(H,37,40). The molecule has 3 amide bonds. The van der Waals surface area contributed by atoms with Gasteiger partial charge in [-0.2, -0.15) is 5.26 Å². The van der Waals surface area contributed by atoms with Crippen LogP contribution in [0, 0.1) is 34.8 Å². The average Bonchev–Trinajstić information content (AvgIpc) is 3.20. The van der Waals surface area contributed by atoms with Gasteiger partial charge in [0.1, 0.15) is 23.7 Å². The van der Waals surface area contributed by atoms with Gasteiger partial charge in [0.2, 0.25) is 11.8 Å². The molecule has 2 aromatic rings. The third-order valence-corrected chi connectivity index (χ3v) is 9.17. The molecule has 4 fully saturated rings. The summed E-state index contributed by atoms with van der Waals surface area (Å²) < 4.78 is 59.4. The maximum Gasteiger partial charge on any atom is 0.264 e. The van der Waals surface area contributed by atoms with E-state index in [1.807, 2.05) is 6.07 Å². The van der Waals surface area contributed by atoms with Gasteiger partial charge in [-0.05, 0) is 67.5 Å². The van der Waals surface area contributed by atoms with E-state index in [2.05, 4.69) is 10.6 Å². The highest BCUT2D eigenvalue weighted by atomic mass is 19.3. The van der Waals surface area contributed by atoms with E-state index in [4.69, 9.17) is 0 Å². The molecule has 7 rings (SSSR count). The second kappa shape index (κ2) is 10.1. The summed E-state index contributed by atoms with van der Waals surface area (Å²) in [6.45, 7) is 0.499. The van der Waals surface area contributed by atoms with Crippen LogP contribution in [0.15, 0.2) is 36.4 Å². The topological polar surface area (TPSA) is 123 Å². The van der Waals surface area contributed by atoms with Crippen LogP contribution in [0.1, 0.15) is 49.7 Å². The number of benzene rings is 2. The molecule has 5 aliphatic rings. The lowest BCUT2D eigenvalue weighted by molar-refractivity contribution is -0.201. The number of carbonyl (C=O) groups is 3. The highest BCUT2D eigenvalue weighted by Gasteiger charge is 2.63. The van der Waals surface area contributed by atoms with Crippen LogP contribution >= 0.6 is 0 Å². The molecular weight excluding hydrogens is 556 g/mol. The number of hydrogen-bond donors (Lipinski definition) is 3. The molecule has 5 unspecified atom stereocenters. The minimum atomic E-state index is -3.32. The molecule has 12 heteroatoms. The zero-order valence-electron chi connectivity index (χ0n) is 22.4. The molecule has 2 bridgehead atoms. The summed E-state index contributed by atoms with van der Waals surface area (Å²) in [5, 5.41) is 27.0. The average molecular weight is 585 g/mol. The summed E-state index contributed by atoms with van der Waals surface area (Å²) in [7, 11) is 0. The zero-order valence-corrected chi connectivity index (χ0v) is 22.4. The fourth-order valence-corrected chi connectivity index (χ4v) is 7.21. The summed E-state index contributed by atoms with van der Waals surface area (Å²) in [4.78, 5) is 41.3. The molecule has 3 N–H and O–H groups in total. The monoisotopic (exact) mass is 584 g/mol.